The smallest absolute Gasteiger partial charge is 0.228 e. The lowest BCUT2D eigenvalue weighted by molar-refractivity contribution is -0.161. The lowest BCUT2D eigenvalue weighted by Crippen LogP contribution is -2.60. The molecule has 0 spiro atoms. The van der Waals surface area contributed by atoms with E-state index in [1.807, 2.05) is 0 Å². The van der Waals surface area contributed by atoms with Crippen molar-refractivity contribution in [3.05, 3.63) is 35.9 Å². The lowest BCUT2D eigenvalue weighted by atomic mass is 9.42. The molecule has 4 aliphatic carbocycles. The van der Waals surface area contributed by atoms with Crippen LogP contribution in [-0.4, -0.2) is 23.9 Å². The first-order valence-corrected chi connectivity index (χ1v) is 10.4. The van der Waals surface area contributed by atoms with Gasteiger partial charge in [-0.05, 0) is 80.1 Å². The molecule has 1 saturated heterocycles. The molecule has 5 fully saturated rings. The highest BCUT2D eigenvalue weighted by Gasteiger charge is 2.61. The summed E-state index contributed by atoms with van der Waals surface area (Å²) in [7, 11) is 0. The van der Waals surface area contributed by atoms with E-state index in [-0.39, 0.29) is 10.8 Å². The molecule has 1 amide bonds. The summed E-state index contributed by atoms with van der Waals surface area (Å²) < 4.78 is 0. The quantitative estimate of drug-likeness (QED) is 0.760. The van der Waals surface area contributed by atoms with Gasteiger partial charge in [0.25, 0.3) is 0 Å². The van der Waals surface area contributed by atoms with E-state index in [9.17, 15) is 4.79 Å². The van der Waals surface area contributed by atoms with Crippen LogP contribution in [0.3, 0.4) is 0 Å². The zero-order valence-electron chi connectivity index (χ0n) is 15.5. The van der Waals surface area contributed by atoms with Gasteiger partial charge in [-0.25, -0.2) is 0 Å². The van der Waals surface area contributed by atoms with E-state index in [1.54, 1.807) is 0 Å². The molecular formula is C23H31NO. The van der Waals surface area contributed by atoms with Crippen molar-refractivity contribution in [2.24, 2.45) is 23.2 Å². The number of benzene rings is 1. The number of hydrogen-bond donors (Lipinski definition) is 0. The van der Waals surface area contributed by atoms with E-state index in [0.717, 1.165) is 37.3 Å². The van der Waals surface area contributed by atoms with Gasteiger partial charge in [0, 0.05) is 13.1 Å². The molecule has 0 N–H and O–H groups in total. The second kappa shape index (κ2) is 5.59. The second-order valence-electron chi connectivity index (χ2n) is 9.86. The molecule has 6 rings (SSSR count). The highest BCUT2D eigenvalue weighted by Crippen LogP contribution is 2.66. The highest BCUT2D eigenvalue weighted by atomic mass is 16.2. The molecule has 5 aliphatic rings. The molecule has 134 valence electrons. The molecule has 1 aromatic rings. The molecular weight excluding hydrogens is 306 g/mol. The Hall–Kier alpha value is -1.31. The van der Waals surface area contributed by atoms with Crippen molar-refractivity contribution in [3.63, 3.8) is 0 Å². The van der Waals surface area contributed by atoms with E-state index in [0.29, 0.717) is 5.91 Å². The van der Waals surface area contributed by atoms with Crippen LogP contribution in [0, 0.1) is 23.2 Å². The van der Waals surface area contributed by atoms with Gasteiger partial charge in [-0.1, -0.05) is 37.3 Å². The minimum absolute atomic E-state index is 0.0412. The Morgan fingerprint density at radius 2 is 1.64 bits per heavy atom. The Labute approximate surface area is 152 Å². The molecule has 0 radical (unpaired) electrons. The zero-order valence-corrected chi connectivity index (χ0v) is 15.5. The first-order chi connectivity index (χ1) is 12.1. The van der Waals surface area contributed by atoms with Gasteiger partial charge < -0.3 is 4.90 Å². The van der Waals surface area contributed by atoms with E-state index < -0.39 is 0 Å². The molecule has 1 heterocycles. The van der Waals surface area contributed by atoms with Gasteiger partial charge in [0.2, 0.25) is 5.91 Å². The Morgan fingerprint density at radius 1 is 1.00 bits per heavy atom. The zero-order chi connectivity index (χ0) is 17.1. The third-order valence-electron chi connectivity index (χ3n) is 7.97. The summed E-state index contributed by atoms with van der Waals surface area (Å²) in [6.07, 6.45) is 9.85. The number of piperidine rings is 1. The van der Waals surface area contributed by atoms with Crippen LogP contribution in [0.25, 0.3) is 0 Å². The number of carbonyl (C=O) groups is 1. The van der Waals surface area contributed by atoms with Crippen molar-refractivity contribution in [1.29, 1.82) is 0 Å². The number of likely N-dealkylation sites (tertiary alicyclic amines) is 1. The second-order valence-corrected chi connectivity index (χ2v) is 9.86. The minimum atomic E-state index is -0.0412. The summed E-state index contributed by atoms with van der Waals surface area (Å²) in [6, 6.07) is 11.2. The van der Waals surface area contributed by atoms with Crippen LogP contribution < -0.4 is 0 Å². The van der Waals surface area contributed by atoms with Gasteiger partial charge >= 0.3 is 0 Å². The lowest BCUT2D eigenvalue weighted by Gasteiger charge is -2.62. The summed E-state index contributed by atoms with van der Waals surface area (Å²) >= 11 is 0. The first-order valence-electron chi connectivity index (χ1n) is 10.4. The fourth-order valence-corrected chi connectivity index (χ4v) is 7.19. The Balaban J connectivity index is 1.47. The maximum absolute atomic E-state index is 13.7. The fourth-order valence-electron chi connectivity index (χ4n) is 7.19. The SMILES string of the molecule is CC1CCN(C(=O)C23C[C@H]4C[C@@H](C2)CC(c2ccccc2)(C4)C3)CC1. The summed E-state index contributed by atoms with van der Waals surface area (Å²) in [5, 5.41) is 0. The Morgan fingerprint density at radius 3 is 2.28 bits per heavy atom. The predicted molar refractivity (Wildman–Crippen MR) is 100 cm³/mol. The normalized spacial score (nSPS) is 40.4. The van der Waals surface area contributed by atoms with Crippen LogP contribution in [0.2, 0.25) is 0 Å². The van der Waals surface area contributed by atoms with Crippen LogP contribution in [0.1, 0.15) is 63.9 Å². The number of carbonyl (C=O) groups excluding carboxylic acids is 1. The highest BCUT2D eigenvalue weighted by molar-refractivity contribution is 5.83. The molecule has 1 aliphatic heterocycles. The average molecular weight is 338 g/mol. The van der Waals surface area contributed by atoms with Crippen molar-refractivity contribution in [2.75, 3.05) is 13.1 Å². The molecule has 4 atom stereocenters. The maximum atomic E-state index is 13.7. The third-order valence-corrected chi connectivity index (χ3v) is 7.97. The fraction of sp³-hybridized carbons (Fsp3) is 0.696. The summed E-state index contributed by atoms with van der Waals surface area (Å²) in [6.45, 7) is 4.32. The monoisotopic (exact) mass is 337 g/mol. The third kappa shape index (κ3) is 2.47. The van der Waals surface area contributed by atoms with E-state index in [4.69, 9.17) is 0 Å². The molecule has 4 saturated carbocycles. The number of rotatable bonds is 2. The van der Waals surface area contributed by atoms with Gasteiger partial charge in [-0.15, -0.1) is 0 Å². The van der Waals surface area contributed by atoms with Gasteiger partial charge in [0.1, 0.15) is 0 Å². The van der Waals surface area contributed by atoms with Gasteiger partial charge in [-0.3, -0.25) is 4.79 Å². The Bertz CT molecular complexity index is 644. The molecule has 2 unspecified atom stereocenters. The van der Waals surface area contributed by atoms with Gasteiger partial charge in [0.15, 0.2) is 0 Å². The summed E-state index contributed by atoms with van der Waals surface area (Å²) in [5.74, 6) is 2.85. The van der Waals surface area contributed by atoms with Crippen LogP contribution in [0.4, 0.5) is 0 Å². The van der Waals surface area contributed by atoms with Crippen LogP contribution in [0.15, 0.2) is 30.3 Å². The summed E-state index contributed by atoms with van der Waals surface area (Å²) in [5.41, 5.74) is 1.75. The Kier molecular flexibility index (Phi) is 3.56. The molecule has 1 aromatic carbocycles. The molecule has 2 nitrogen and oxygen atoms in total. The summed E-state index contributed by atoms with van der Waals surface area (Å²) in [4.78, 5) is 15.9. The van der Waals surface area contributed by atoms with Crippen molar-refractivity contribution in [2.45, 2.75) is 63.7 Å². The maximum Gasteiger partial charge on any atom is 0.228 e. The number of nitrogens with zero attached hydrogens (tertiary/aromatic N) is 1. The molecule has 4 bridgehead atoms. The van der Waals surface area contributed by atoms with Crippen molar-refractivity contribution >= 4 is 5.91 Å². The standard InChI is InChI=1S/C23H31NO/c1-17-7-9-24(10-8-17)21(25)23-14-18-11-19(15-23)13-22(12-18,16-23)20-5-3-2-4-6-20/h2-6,17-19H,7-16H2,1H3/t18-,19+,22?,23?. The van der Waals surface area contributed by atoms with Crippen LogP contribution in [0.5, 0.6) is 0 Å². The predicted octanol–water partition coefficient (Wildman–Crippen LogP) is 4.78. The van der Waals surface area contributed by atoms with Crippen molar-refractivity contribution < 1.29 is 4.79 Å². The number of hydrogen-bond acceptors (Lipinski definition) is 1. The molecule has 25 heavy (non-hydrogen) atoms. The van der Waals surface area contributed by atoms with Crippen molar-refractivity contribution in [3.8, 4) is 0 Å². The first kappa shape index (κ1) is 15.9. The van der Waals surface area contributed by atoms with E-state index >= 15 is 0 Å². The van der Waals surface area contributed by atoms with Gasteiger partial charge in [0.05, 0.1) is 5.41 Å². The number of amides is 1. The van der Waals surface area contributed by atoms with Crippen LogP contribution >= 0.6 is 0 Å². The van der Waals surface area contributed by atoms with Gasteiger partial charge in [-0.2, -0.15) is 0 Å². The minimum Gasteiger partial charge on any atom is -0.342 e. The molecule has 2 heteroatoms. The average Bonchev–Trinajstić information content (AvgIpc) is 2.61. The van der Waals surface area contributed by atoms with E-state index in [2.05, 4.69) is 42.2 Å². The topological polar surface area (TPSA) is 20.3 Å². The largest absolute Gasteiger partial charge is 0.342 e. The molecule has 0 aromatic heterocycles. The van der Waals surface area contributed by atoms with Crippen molar-refractivity contribution in [1.82, 2.24) is 4.90 Å². The van der Waals surface area contributed by atoms with Crippen LogP contribution in [-0.2, 0) is 10.2 Å². The van der Waals surface area contributed by atoms with E-state index in [1.165, 1.54) is 50.5 Å².